The van der Waals surface area contributed by atoms with Gasteiger partial charge in [-0.05, 0) is 48.2 Å². The van der Waals surface area contributed by atoms with Gasteiger partial charge in [-0.1, -0.05) is 31.0 Å². The molecule has 2 aliphatic rings. The Morgan fingerprint density at radius 3 is 2.41 bits per heavy atom. The normalized spacial score (nSPS) is 19.0. The van der Waals surface area contributed by atoms with Crippen molar-refractivity contribution in [3.05, 3.63) is 53.6 Å². The zero-order valence-corrected chi connectivity index (χ0v) is 17.4. The van der Waals surface area contributed by atoms with Gasteiger partial charge in [0.2, 0.25) is 0 Å². The summed E-state index contributed by atoms with van der Waals surface area (Å²) >= 11 is 0. The lowest BCUT2D eigenvalue weighted by Gasteiger charge is -2.43. The van der Waals surface area contributed by atoms with Crippen LogP contribution in [0.2, 0.25) is 0 Å². The van der Waals surface area contributed by atoms with Crippen LogP contribution in [0.5, 0.6) is 17.2 Å². The number of fused-ring (bicyclic) bond motifs is 2. The van der Waals surface area contributed by atoms with Crippen molar-refractivity contribution in [2.24, 2.45) is 0 Å². The summed E-state index contributed by atoms with van der Waals surface area (Å²) in [7, 11) is 3.38. The van der Waals surface area contributed by atoms with Crippen molar-refractivity contribution < 1.29 is 19.3 Å². The van der Waals surface area contributed by atoms with Gasteiger partial charge in [-0.3, -0.25) is 4.90 Å². The smallest absolute Gasteiger partial charge is 0.161 e. The summed E-state index contributed by atoms with van der Waals surface area (Å²) < 4.78 is 16.9. The zero-order chi connectivity index (χ0) is 20.3. The fourth-order valence-corrected chi connectivity index (χ4v) is 5.02. The molecule has 0 amide bonds. The van der Waals surface area contributed by atoms with Crippen LogP contribution in [-0.2, 0) is 12.0 Å². The van der Waals surface area contributed by atoms with Gasteiger partial charge in [0.15, 0.2) is 11.5 Å². The lowest BCUT2D eigenvalue weighted by atomic mass is 9.73. The monoisotopic (exact) mass is 397 g/mol. The van der Waals surface area contributed by atoms with E-state index in [9.17, 15) is 5.11 Å². The molecule has 1 aliphatic heterocycles. The Morgan fingerprint density at radius 1 is 1.03 bits per heavy atom. The lowest BCUT2D eigenvalue weighted by molar-refractivity contribution is 0.0512. The lowest BCUT2D eigenvalue weighted by Crippen LogP contribution is -2.47. The van der Waals surface area contributed by atoms with E-state index in [0.717, 1.165) is 30.3 Å². The maximum Gasteiger partial charge on any atom is 0.161 e. The molecule has 2 aromatic carbocycles. The Kier molecular flexibility index (Phi) is 5.97. The van der Waals surface area contributed by atoms with E-state index in [-0.39, 0.29) is 5.41 Å². The maximum absolute atomic E-state index is 10.6. The number of β-amino-alcohol motifs (C(OH)–C–C–N with tert-alkyl or cyclic N) is 1. The van der Waals surface area contributed by atoms with Crippen LogP contribution in [-0.4, -0.2) is 50.0 Å². The summed E-state index contributed by atoms with van der Waals surface area (Å²) in [5, 5.41) is 10.6. The quantitative estimate of drug-likeness (QED) is 0.771. The second-order valence-electron chi connectivity index (χ2n) is 8.30. The summed E-state index contributed by atoms with van der Waals surface area (Å²) in [5.74, 6) is 2.37. The van der Waals surface area contributed by atoms with Gasteiger partial charge in [0.25, 0.3) is 0 Å². The molecule has 5 nitrogen and oxygen atoms in total. The second kappa shape index (κ2) is 8.64. The van der Waals surface area contributed by atoms with Gasteiger partial charge in [0.05, 0.1) is 14.2 Å². The van der Waals surface area contributed by atoms with E-state index in [4.69, 9.17) is 14.2 Å². The summed E-state index contributed by atoms with van der Waals surface area (Å²) in [6.07, 6.45) is 4.34. The van der Waals surface area contributed by atoms with E-state index in [1.54, 1.807) is 14.2 Å². The van der Waals surface area contributed by atoms with E-state index in [1.165, 1.54) is 36.8 Å². The van der Waals surface area contributed by atoms with E-state index < -0.39 is 6.10 Å². The zero-order valence-electron chi connectivity index (χ0n) is 17.4. The average molecular weight is 398 g/mol. The van der Waals surface area contributed by atoms with E-state index in [1.807, 2.05) is 30.3 Å². The number of hydrogen-bond acceptors (Lipinski definition) is 5. The molecule has 0 saturated heterocycles. The molecule has 0 radical (unpaired) electrons. The molecular weight excluding hydrogens is 366 g/mol. The van der Waals surface area contributed by atoms with Gasteiger partial charge in [-0.15, -0.1) is 0 Å². The first-order valence-electron chi connectivity index (χ1n) is 10.5. The summed E-state index contributed by atoms with van der Waals surface area (Å²) in [4.78, 5) is 2.37. The molecule has 0 aromatic heterocycles. The third-order valence-electron chi connectivity index (χ3n) is 6.32. The minimum Gasteiger partial charge on any atom is -0.493 e. The van der Waals surface area contributed by atoms with Crippen LogP contribution in [0.15, 0.2) is 42.5 Å². The standard InChI is InChI=1S/C24H31NO4/c1-27-22-12-18-14-25(15-19(26)16-29-20-8-4-3-5-9-20)17-24(10-6-7-11-24)21(18)13-23(22)28-2/h3-5,8-9,12-13,19,26H,6-7,10-11,14-17H2,1-2H3. The molecule has 1 aliphatic carbocycles. The van der Waals surface area contributed by atoms with Gasteiger partial charge in [0.1, 0.15) is 18.5 Å². The van der Waals surface area contributed by atoms with Gasteiger partial charge >= 0.3 is 0 Å². The van der Waals surface area contributed by atoms with E-state index >= 15 is 0 Å². The van der Waals surface area contributed by atoms with E-state index in [2.05, 4.69) is 17.0 Å². The molecule has 2 aromatic rings. The second-order valence-corrected chi connectivity index (χ2v) is 8.30. The number of ether oxygens (including phenoxy) is 3. The highest BCUT2D eigenvalue weighted by Gasteiger charge is 2.42. The molecule has 1 unspecified atom stereocenters. The summed E-state index contributed by atoms with van der Waals surface area (Å²) in [6.45, 7) is 2.67. The molecular formula is C24H31NO4. The van der Waals surface area contributed by atoms with Gasteiger partial charge in [0, 0.05) is 25.0 Å². The minimum atomic E-state index is -0.532. The number of para-hydroxylation sites is 1. The number of aliphatic hydroxyl groups is 1. The number of aliphatic hydroxyl groups excluding tert-OH is 1. The van der Waals surface area contributed by atoms with Crippen molar-refractivity contribution in [1.82, 2.24) is 4.90 Å². The van der Waals surface area contributed by atoms with Crippen LogP contribution in [0.25, 0.3) is 0 Å². The number of methoxy groups -OCH3 is 2. The predicted octanol–water partition coefficient (Wildman–Crippen LogP) is 3.77. The number of hydrogen-bond donors (Lipinski definition) is 1. The number of nitrogens with zero attached hydrogens (tertiary/aromatic N) is 1. The SMILES string of the molecule is COc1cc2c(cc1OC)C1(CCCC1)CN(CC(O)COc1ccccc1)C2. The average Bonchev–Trinajstić information content (AvgIpc) is 3.21. The van der Waals surface area contributed by atoms with Crippen LogP contribution in [0.3, 0.4) is 0 Å². The van der Waals surface area contributed by atoms with Crippen molar-refractivity contribution in [2.75, 3.05) is 33.9 Å². The molecule has 29 heavy (non-hydrogen) atoms. The highest BCUT2D eigenvalue weighted by Crippen LogP contribution is 2.48. The van der Waals surface area contributed by atoms with Crippen LogP contribution >= 0.6 is 0 Å². The fraction of sp³-hybridized carbons (Fsp3) is 0.500. The van der Waals surface area contributed by atoms with Crippen LogP contribution in [0.4, 0.5) is 0 Å². The Morgan fingerprint density at radius 2 is 1.72 bits per heavy atom. The van der Waals surface area contributed by atoms with Crippen molar-refractivity contribution in [2.45, 2.75) is 43.7 Å². The van der Waals surface area contributed by atoms with Gasteiger partial charge < -0.3 is 19.3 Å². The van der Waals surface area contributed by atoms with Gasteiger partial charge in [-0.25, -0.2) is 0 Å². The number of rotatable bonds is 7. The third-order valence-corrected chi connectivity index (χ3v) is 6.32. The van der Waals surface area contributed by atoms with Gasteiger partial charge in [-0.2, -0.15) is 0 Å². The highest BCUT2D eigenvalue weighted by molar-refractivity contribution is 5.51. The molecule has 1 N–H and O–H groups in total. The van der Waals surface area contributed by atoms with Crippen LogP contribution < -0.4 is 14.2 Å². The first-order chi connectivity index (χ1) is 14.1. The van der Waals surface area contributed by atoms with Crippen molar-refractivity contribution in [3.63, 3.8) is 0 Å². The largest absolute Gasteiger partial charge is 0.493 e. The van der Waals surface area contributed by atoms with Crippen molar-refractivity contribution in [1.29, 1.82) is 0 Å². The predicted molar refractivity (Wildman–Crippen MR) is 113 cm³/mol. The van der Waals surface area contributed by atoms with Crippen LogP contribution in [0.1, 0.15) is 36.8 Å². The Labute approximate surface area is 173 Å². The first-order valence-corrected chi connectivity index (χ1v) is 10.5. The minimum absolute atomic E-state index is 0.146. The molecule has 4 rings (SSSR count). The molecule has 1 spiro atoms. The molecule has 1 atom stereocenters. The molecule has 0 bridgehead atoms. The topological polar surface area (TPSA) is 51.2 Å². The fourth-order valence-electron chi connectivity index (χ4n) is 5.02. The maximum atomic E-state index is 10.6. The molecule has 1 fully saturated rings. The van der Waals surface area contributed by atoms with Crippen molar-refractivity contribution in [3.8, 4) is 17.2 Å². The van der Waals surface area contributed by atoms with E-state index in [0.29, 0.717) is 13.2 Å². The number of benzene rings is 2. The Hall–Kier alpha value is -2.24. The summed E-state index contributed by atoms with van der Waals surface area (Å²) in [5.41, 5.74) is 2.83. The Bertz CT molecular complexity index is 817. The van der Waals surface area contributed by atoms with Crippen molar-refractivity contribution >= 4 is 0 Å². The van der Waals surface area contributed by atoms with Crippen LogP contribution in [0, 0.1) is 0 Å². The molecule has 1 saturated carbocycles. The molecule has 1 heterocycles. The summed E-state index contributed by atoms with van der Waals surface area (Å²) in [6, 6.07) is 14.0. The molecule has 5 heteroatoms. The third kappa shape index (κ3) is 4.21. The highest BCUT2D eigenvalue weighted by atomic mass is 16.5. The first kappa shape index (κ1) is 20.0. The Balaban J connectivity index is 1.50. The molecule has 156 valence electrons.